The van der Waals surface area contributed by atoms with Crippen molar-refractivity contribution in [2.24, 2.45) is 16.0 Å². The molecule has 0 spiro atoms. The van der Waals surface area contributed by atoms with Gasteiger partial charge in [0.05, 0.1) is 5.69 Å². The number of rotatable bonds is 1. The van der Waals surface area contributed by atoms with Gasteiger partial charge in [-0.2, -0.15) is 10.2 Å². The molecule has 1 aromatic carbocycles. The first kappa shape index (κ1) is 19.4. The number of hydrogen-bond donors (Lipinski definition) is 1. The molecule has 0 heterocycles. The molecular formula is C12H25N3. The third-order valence-electron chi connectivity index (χ3n) is 0.972. The molecule has 0 fully saturated rings. The van der Waals surface area contributed by atoms with Crippen molar-refractivity contribution in [1.29, 1.82) is 0 Å². The van der Waals surface area contributed by atoms with Gasteiger partial charge in [-0.1, -0.05) is 45.9 Å². The molecular weight excluding hydrogens is 186 g/mol. The van der Waals surface area contributed by atoms with E-state index in [0.29, 0.717) is 0 Å². The van der Waals surface area contributed by atoms with Gasteiger partial charge >= 0.3 is 0 Å². The Labute approximate surface area is 94.4 Å². The van der Waals surface area contributed by atoms with Gasteiger partial charge in [-0.3, -0.25) is 0 Å². The highest BCUT2D eigenvalue weighted by Gasteiger charge is 1.80. The lowest BCUT2D eigenvalue weighted by Gasteiger charge is -1.85. The second kappa shape index (κ2) is 23.0. The van der Waals surface area contributed by atoms with Gasteiger partial charge in [-0.15, -0.1) is 0 Å². The highest BCUT2D eigenvalue weighted by Crippen LogP contribution is 2.08. The molecule has 2 N–H and O–H groups in total. The predicted molar refractivity (Wildman–Crippen MR) is 69.7 cm³/mol. The third-order valence-corrected chi connectivity index (χ3v) is 0.972. The van der Waals surface area contributed by atoms with Crippen molar-refractivity contribution in [3.63, 3.8) is 0 Å². The van der Waals surface area contributed by atoms with Crippen LogP contribution in [0.2, 0.25) is 0 Å². The van der Waals surface area contributed by atoms with Crippen LogP contribution in [0.25, 0.3) is 0 Å². The van der Waals surface area contributed by atoms with Crippen LogP contribution in [0.5, 0.6) is 0 Å². The highest BCUT2D eigenvalue weighted by atomic mass is 15.1. The summed E-state index contributed by atoms with van der Waals surface area (Å²) in [5.74, 6) is 0. The lowest BCUT2D eigenvalue weighted by Crippen LogP contribution is -1.69. The monoisotopic (exact) mass is 211 g/mol. The maximum atomic E-state index is 4.50. The minimum absolute atomic E-state index is 0.903. The van der Waals surface area contributed by atoms with E-state index in [-0.39, 0.29) is 0 Å². The van der Waals surface area contributed by atoms with Crippen LogP contribution in [-0.2, 0) is 0 Å². The zero-order valence-electron chi connectivity index (χ0n) is 10.9. The lowest BCUT2D eigenvalue weighted by molar-refractivity contribution is 1.17. The van der Waals surface area contributed by atoms with E-state index in [2.05, 4.69) is 16.0 Å². The van der Waals surface area contributed by atoms with Crippen molar-refractivity contribution >= 4 is 5.69 Å². The molecule has 0 aliphatic rings. The Hall–Kier alpha value is -1.22. The molecule has 0 aromatic heterocycles. The van der Waals surface area contributed by atoms with Crippen LogP contribution in [0.3, 0.4) is 0 Å². The van der Waals surface area contributed by atoms with E-state index in [4.69, 9.17) is 0 Å². The average molecular weight is 211 g/mol. The van der Waals surface area contributed by atoms with E-state index < -0.39 is 0 Å². The van der Waals surface area contributed by atoms with Gasteiger partial charge in [0.1, 0.15) is 0 Å². The first-order valence-corrected chi connectivity index (χ1v) is 5.36. The van der Waals surface area contributed by atoms with Crippen LogP contribution in [0.1, 0.15) is 27.7 Å². The van der Waals surface area contributed by atoms with Crippen LogP contribution in [-0.4, -0.2) is 14.1 Å². The standard InChI is InChI=1S/C7H8N2.2C2H6.CH5N/c1-8-9-7-5-3-2-4-6-7;3*1-2/h2-6H,1H3;2*1-2H3;2H2,1H3. The van der Waals surface area contributed by atoms with E-state index in [1.54, 1.807) is 7.05 Å². The zero-order chi connectivity index (χ0) is 12.5. The van der Waals surface area contributed by atoms with E-state index in [0.717, 1.165) is 5.69 Å². The molecule has 88 valence electrons. The topological polar surface area (TPSA) is 50.7 Å². The molecule has 0 unspecified atom stereocenters. The highest BCUT2D eigenvalue weighted by molar-refractivity contribution is 5.34. The third kappa shape index (κ3) is 15.5. The molecule has 0 amide bonds. The summed E-state index contributed by atoms with van der Waals surface area (Å²) < 4.78 is 0. The molecule has 0 atom stereocenters. The van der Waals surface area contributed by atoms with Crippen LogP contribution < -0.4 is 5.73 Å². The van der Waals surface area contributed by atoms with Gasteiger partial charge in [-0.25, -0.2) is 0 Å². The summed E-state index contributed by atoms with van der Waals surface area (Å²) in [6.45, 7) is 8.00. The van der Waals surface area contributed by atoms with Crippen LogP contribution in [0, 0.1) is 0 Å². The SMILES string of the molecule is CC.CC.CN.CN=Nc1ccccc1. The first-order chi connectivity index (χ1) is 7.43. The summed E-state index contributed by atoms with van der Waals surface area (Å²) in [7, 11) is 3.16. The summed E-state index contributed by atoms with van der Waals surface area (Å²) in [4.78, 5) is 0. The van der Waals surface area contributed by atoms with Crippen LogP contribution >= 0.6 is 0 Å². The Morgan fingerprint density at radius 1 is 0.867 bits per heavy atom. The van der Waals surface area contributed by atoms with Gasteiger partial charge < -0.3 is 5.73 Å². The molecule has 0 radical (unpaired) electrons. The molecule has 15 heavy (non-hydrogen) atoms. The van der Waals surface area contributed by atoms with Crippen LogP contribution in [0.4, 0.5) is 5.69 Å². The summed E-state index contributed by atoms with van der Waals surface area (Å²) in [6.07, 6.45) is 0. The Bertz CT molecular complexity index is 195. The molecule has 0 saturated carbocycles. The fourth-order valence-corrected chi connectivity index (χ4v) is 0.610. The number of nitrogens with zero attached hydrogens (tertiary/aromatic N) is 2. The molecule has 1 rings (SSSR count). The van der Waals surface area contributed by atoms with Crippen molar-refractivity contribution in [2.75, 3.05) is 14.1 Å². The summed E-state index contributed by atoms with van der Waals surface area (Å²) >= 11 is 0. The summed E-state index contributed by atoms with van der Waals surface area (Å²) in [6, 6.07) is 9.64. The van der Waals surface area contributed by atoms with Crippen LogP contribution in [0.15, 0.2) is 40.6 Å². The van der Waals surface area contributed by atoms with E-state index in [9.17, 15) is 0 Å². The maximum absolute atomic E-state index is 4.50. The smallest absolute Gasteiger partial charge is 0.0852 e. The minimum atomic E-state index is 0.903. The van der Waals surface area contributed by atoms with Gasteiger partial charge in [0, 0.05) is 7.05 Å². The summed E-state index contributed by atoms with van der Waals surface area (Å²) in [5.41, 5.74) is 5.40. The lowest BCUT2D eigenvalue weighted by atomic mass is 10.3. The normalized spacial score (nSPS) is 7.40. The first-order valence-electron chi connectivity index (χ1n) is 5.36. The Balaban J connectivity index is -0.000000208. The predicted octanol–water partition coefficient (Wildman–Crippen LogP) is 4.03. The number of nitrogens with two attached hydrogens (primary N) is 1. The van der Waals surface area contributed by atoms with Crippen molar-refractivity contribution in [3.8, 4) is 0 Å². The maximum Gasteiger partial charge on any atom is 0.0852 e. The average Bonchev–Trinajstić information content (AvgIpc) is 2.38. The molecule has 0 saturated heterocycles. The van der Waals surface area contributed by atoms with Crippen molar-refractivity contribution < 1.29 is 0 Å². The number of benzene rings is 1. The quantitative estimate of drug-likeness (QED) is 0.700. The van der Waals surface area contributed by atoms with Crippen molar-refractivity contribution in [1.82, 2.24) is 0 Å². The molecule has 0 aliphatic carbocycles. The molecule has 0 aliphatic heterocycles. The van der Waals surface area contributed by atoms with E-state index in [1.807, 2.05) is 58.0 Å². The number of hydrogen-bond acceptors (Lipinski definition) is 3. The Morgan fingerprint density at radius 3 is 1.60 bits per heavy atom. The van der Waals surface area contributed by atoms with Gasteiger partial charge in [-0.05, 0) is 19.2 Å². The molecule has 1 aromatic rings. The van der Waals surface area contributed by atoms with Gasteiger partial charge in [0.15, 0.2) is 0 Å². The zero-order valence-corrected chi connectivity index (χ0v) is 10.9. The summed E-state index contributed by atoms with van der Waals surface area (Å²) in [5, 5.41) is 7.46. The Morgan fingerprint density at radius 2 is 1.27 bits per heavy atom. The number of azo groups is 1. The van der Waals surface area contributed by atoms with E-state index >= 15 is 0 Å². The van der Waals surface area contributed by atoms with E-state index in [1.165, 1.54) is 7.05 Å². The fraction of sp³-hybridized carbons (Fsp3) is 0.500. The van der Waals surface area contributed by atoms with Gasteiger partial charge in [0.2, 0.25) is 0 Å². The fourth-order valence-electron chi connectivity index (χ4n) is 0.610. The molecule has 3 heteroatoms. The minimum Gasteiger partial charge on any atom is -0.333 e. The Kier molecular flexibility index (Phi) is 29.7. The van der Waals surface area contributed by atoms with Crippen molar-refractivity contribution in [3.05, 3.63) is 30.3 Å². The molecule has 3 nitrogen and oxygen atoms in total. The largest absolute Gasteiger partial charge is 0.333 e. The molecule has 0 bridgehead atoms. The second-order valence-electron chi connectivity index (χ2n) is 1.64. The van der Waals surface area contributed by atoms with Crippen molar-refractivity contribution in [2.45, 2.75) is 27.7 Å². The van der Waals surface area contributed by atoms with Gasteiger partial charge in [0.25, 0.3) is 0 Å². The second-order valence-corrected chi connectivity index (χ2v) is 1.64.